The molecule has 0 saturated carbocycles. The van der Waals surface area contributed by atoms with Crippen LogP contribution < -0.4 is 19.7 Å². The number of methoxy groups -OCH3 is 1. The molecule has 1 saturated heterocycles. The van der Waals surface area contributed by atoms with E-state index in [0.717, 1.165) is 5.56 Å². The third-order valence-electron chi connectivity index (χ3n) is 8.23. The van der Waals surface area contributed by atoms with E-state index in [4.69, 9.17) is 26.1 Å². The maximum atomic E-state index is 14.6. The van der Waals surface area contributed by atoms with Crippen molar-refractivity contribution in [3.8, 4) is 34.5 Å². The summed E-state index contributed by atoms with van der Waals surface area (Å²) in [4.78, 5) is 19.4. The summed E-state index contributed by atoms with van der Waals surface area (Å²) in [5, 5.41) is 3.08. The third kappa shape index (κ3) is 6.93. The summed E-state index contributed by atoms with van der Waals surface area (Å²) in [7, 11) is 1.53. The number of benzene rings is 4. The van der Waals surface area contributed by atoms with Gasteiger partial charge in [-0.1, -0.05) is 65.9 Å². The Balaban J connectivity index is 1.63. The number of hydrogen-bond donors (Lipinski definition) is 1. The van der Waals surface area contributed by atoms with Crippen molar-refractivity contribution >= 4 is 34.6 Å². The molecule has 0 aliphatic carbocycles. The number of nitrogens with one attached hydrogen (secondary N) is 1. The van der Waals surface area contributed by atoms with Crippen LogP contribution in [0.1, 0.15) is 27.8 Å². The summed E-state index contributed by atoms with van der Waals surface area (Å²) in [5.41, 5.74) is 3.92. The molecular formula is C37H31ClF4N4O3. The summed E-state index contributed by atoms with van der Waals surface area (Å²) in [5.74, 6) is 4.07. The van der Waals surface area contributed by atoms with Crippen LogP contribution in [0, 0.1) is 31.5 Å². The van der Waals surface area contributed by atoms with Gasteiger partial charge in [0, 0.05) is 37.3 Å². The number of aromatic nitrogens is 2. The SMILES string of the molecule is COc1ccccc1C#Cc1ccccc1-c1c(OC(=O)C(F)(F)F)c(Cl)cc2c1nc(N1CCNCC1)n2Cc1cc(C)c(F)c(C)c1. The van der Waals surface area contributed by atoms with Crippen molar-refractivity contribution < 1.29 is 31.8 Å². The Hall–Kier alpha value is -5.05. The maximum Gasteiger partial charge on any atom is 0.491 e. The van der Waals surface area contributed by atoms with Gasteiger partial charge >= 0.3 is 12.1 Å². The molecule has 0 spiro atoms. The Bertz CT molecular complexity index is 2110. The van der Waals surface area contributed by atoms with Crippen LogP contribution >= 0.6 is 11.6 Å². The first-order valence-corrected chi connectivity index (χ1v) is 15.8. The van der Waals surface area contributed by atoms with Gasteiger partial charge in [0.1, 0.15) is 17.1 Å². The van der Waals surface area contributed by atoms with Crippen LogP contribution in [-0.2, 0) is 11.3 Å². The van der Waals surface area contributed by atoms with E-state index in [9.17, 15) is 22.4 Å². The molecule has 252 valence electrons. The highest BCUT2D eigenvalue weighted by Crippen LogP contribution is 2.45. The summed E-state index contributed by atoms with van der Waals surface area (Å²) in [6, 6.07) is 18.9. The first kappa shape index (κ1) is 33.8. The van der Waals surface area contributed by atoms with E-state index in [1.807, 2.05) is 16.7 Å². The van der Waals surface area contributed by atoms with Gasteiger partial charge in [-0.25, -0.2) is 14.2 Å². The lowest BCUT2D eigenvalue weighted by atomic mass is 9.97. The lowest BCUT2D eigenvalue weighted by Gasteiger charge is -2.29. The molecule has 0 radical (unpaired) electrons. The minimum absolute atomic E-state index is 0.0756. The van der Waals surface area contributed by atoms with E-state index in [0.29, 0.717) is 71.2 Å². The fraction of sp³-hybridized carbons (Fsp3) is 0.243. The zero-order valence-corrected chi connectivity index (χ0v) is 27.6. The molecule has 1 aliphatic rings. The monoisotopic (exact) mass is 690 g/mol. The van der Waals surface area contributed by atoms with E-state index in [-0.39, 0.29) is 28.5 Å². The van der Waals surface area contributed by atoms with Crippen molar-refractivity contribution in [1.82, 2.24) is 14.9 Å². The number of hydrogen-bond acceptors (Lipinski definition) is 6. The van der Waals surface area contributed by atoms with Crippen molar-refractivity contribution in [3.05, 3.63) is 105 Å². The minimum Gasteiger partial charge on any atom is -0.495 e. The molecule has 5 aromatic rings. The molecule has 2 heterocycles. The summed E-state index contributed by atoms with van der Waals surface area (Å²) >= 11 is 6.75. The third-order valence-corrected chi connectivity index (χ3v) is 8.51. The van der Waals surface area contributed by atoms with Crippen molar-refractivity contribution in [2.45, 2.75) is 26.6 Å². The summed E-state index contributed by atoms with van der Waals surface area (Å²) in [6.07, 6.45) is -5.29. The average molecular weight is 691 g/mol. The molecular weight excluding hydrogens is 660 g/mol. The average Bonchev–Trinajstić information content (AvgIpc) is 3.43. The normalized spacial score (nSPS) is 13.3. The number of alkyl halides is 3. The van der Waals surface area contributed by atoms with E-state index >= 15 is 0 Å². The topological polar surface area (TPSA) is 68.6 Å². The highest BCUT2D eigenvalue weighted by Gasteiger charge is 2.42. The van der Waals surface area contributed by atoms with Crippen LogP contribution in [0.5, 0.6) is 11.5 Å². The first-order valence-electron chi connectivity index (χ1n) is 15.4. The largest absolute Gasteiger partial charge is 0.495 e. The second-order valence-corrected chi connectivity index (χ2v) is 12.0. The zero-order chi connectivity index (χ0) is 34.9. The number of nitrogens with zero attached hydrogens (tertiary/aromatic N) is 3. The number of aryl methyl sites for hydroxylation is 2. The lowest BCUT2D eigenvalue weighted by molar-refractivity contribution is -0.189. The number of fused-ring (bicyclic) bond motifs is 1. The van der Waals surface area contributed by atoms with Gasteiger partial charge in [-0.3, -0.25) is 0 Å². The molecule has 1 aromatic heterocycles. The maximum absolute atomic E-state index is 14.6. The molecule has 4 aromatic carbocycles. The van der Waals surface area contributed by atoms with Crippen LogP contribution in [0.4, 0.5) is 23.5 Å². The predicted octanol–water partition coefficient (Wildman–Crippen LogP) is 7.45. The van der Waals surface area contributed by atoms with Gasteiger partial charge in [-0.2, -0.15) is 13.2 Å². The summed E-state index contributed by atoms with van der Waals surface area (Å²) in [6.45, 7) is 6.20. The molecule has 7 nitrogen and oxygen atoms in total. The molecule has 6 rings (SSSR count). The number of carbonyl (C=O) groups excluding carboxylic acids is 1. The Kier molecular flexibility index (Phi) is 9.54. The van der Waals surface area contributed by atoms with Crippen LogP contribution in [0.15, 0.2) is 66.7 Å². The van der Waals surface area contributed by atoms with E-state index in [1.54, 1.807) is 62.4 Å². The van der Waals surface area contributed by atoms with Crippen molar-refractivity contribution in [3.63, 3.8) is 0 Å². The number of imidazole rings is 1. The van der Waals surface area contributed by atoms with Crippen molar-refractivity contribution in [1.29, 1.82) is 0 Å². The van der Waals surface area contributed by atoms with Gasteiger partial charge in [0.15, 0.2) is 5.75 Å². The predicted molar refractivity (Wildman–Crippen MR) is 181 cm³/mol. The van der Waals surface area contributed by atoms with Crippen LogP contribution in [-0.4, -0.2) is 55.0 Å². The summed E-state index contributed by atoms with van der Waals surface area (Å²) < 4.78 is 67.8. The Morgan fingerprint density at radius 2 is 1.61 bits per heavy atom. The number of carbonyl (C=O) groups is 1. The van der Waals surface area contributed by atoms with Gasteiger partial charge in [-0.05, 0) is 54.8 Å². The van der Waals surface area contributed by atoms with Crippen molar-refractivity contribution in [2.75, 3.05) is 38.2 Å². The number of halogens is 5. The molecule has 1 N–H and O–H groups in total. The number of esters is 1. The van der Waals surface area contributed by atoms with Crippen LogP contribution in [0.2, 0.25) is 5.02 Å². The fourth-order valence-corrected chi connectivity index (χ4v) is 6.20. The molecule has 0 bridgehead atoms. The number of piperazine rings is 1. The molecule has 0 unspecified atom stereocenters. The van der Waals surface area contributed by atoms with Gasteiger partial charge < -0.3 is 24.3 Å². The van der Waals surface area contributed by atoms with Crippen LogP contribution in [0.3, 0.4) is 0 Å². The second-order valence-electron chi connectivity index (χ2n) is 11.6. The number of rotatable bonds is 6. The van der Waals surface area contributed by atoms with Gasteiger partial charge in [0.05, 0.1) is 35.3 Å². The molecule has 49 heavy (non-hydrogen) atoms. The Labute approximate surface area is 285 Å². The van der Waals surface area contributed by atoms with Crippen molar-refractivity contribution in [2.24, 2.45) is 0 Å². The standard InChI is InChI=1S/C37H31ClF4N4O3/c1-22-18-24(19-23(2)32(22)39)21-46-29-20-28(38)34(49-35(47)37(40,41)42)31(33(29)44-36(46)45-16-14-43-15-17-45)27-10-6-4-8-25(27)12-13-26-9-5-7-11-30(26)48-3/h4-11,18-20,43H,14-17,21H2,1-3H3. The molecule has 1 aliphatic heterocycles. The highest BCUT2D eigenvalue weighted by molar-refractivity contribution is 6.34. The van der Waals surface area contributed by atoms with E-state index < -0.39 is 17.9 Å². The first-order chi connectivity index (χ1) is 23.5. The van der Waals surface area contributed by atoms with E-state index in [2.05, 4.69) is 22.1 Å². The van der Waals surface area contributed by atoms with Gasteiger partial charge in [-0.15, -0.1) is 0 Å². The van der Waals surface area contributed by atoms with Crippen LogP contribution in [0.25, 0.3) is 22.2 Å². The van der Waals surface area contributed by atoms with E-state index in [1.165, 1.54) is 13.2 Å². The zero-order valence-electron chi connectivity index (χ0n) is 26.8. The Morgan fingerprint density at radius 3 is 2.29 bits per heavy atom. The number of para-hydroxylation sites is 1. The quantitative estimate of drug-likeness (QED) is 0.0865. The number of ether oxygens (including phenoxy) is 2. The second kappa shape index (κ2) is 13.8. The molecule has 12 heteroatoms. The smallest absolute Gasteiger partial charge is 0.491 e. The Morgan fingerprint density at radius 1 is 0.980 bits per heavy atom. The molecule has 1 fully saturated rings. The minimum atomic E-state index is -5.29. The molecule has 0 amide bonds. The van der Waals surface area contributed by atoms with Gasteiger partial charge in [0.2, 0.25) is 5.95 Å². The highest BCUT2D eigenvalue weighted by atomic mass is 35.5. The number of anilines is 1. The lowest BCUT2D eigenvalue weighted by Crippen LogP contribution is -2.44. The fourth-order valence-electron chi connectivity index (χ4n) is 5.96. The van der Waals surface area contributed by atoms with Gasteiger partial charge in [0.25, 0.3) is 0 Å². The molecule has 0 atom stereocenters.